The van der Waals surface area contributed by atoms with Crippen LogP contribution >= 0.6 is 0 Å². The van der Waals surface area contributed by atoms with Crippen LogP contribution in [0.3, 0.4) is 0 Å². The third kappa shape index (κ3) is 5.81. The number of carbonyl (C=O) groups is 1. The van der Waals surface area contributed by atoms with E-state index in [9.17, 15) is 4.79 Å². The average molecular weight is 266 g/mol. The molecule has 106 valence electrons. The highest BCUT2D eigenvalue weighted by molar-refractivity contribution is 5.85. The molecule has 0 spiro atoms. The number of aromatic nitrogens is 1. The molecule has 1 rings (SSSR count). The van der Waals surface area contributed by atoms with Crippen molar-refractivity contribution < 1.29 is 14.6 Å². The summed E-state index contributed by atoms with van der Waals surface area (Å²) in [5, 5.41) is 12.2. The molecule has 19 heavy (non-hydrogen) atoms. The molecule has 5 nitrogen and oxygen atoms in total. The van der Waals surface area contributed by atoms with Crippen LogP contribution in [0, 0.1) is 5.41 Å². The van der Waals surface area contributed by atoms with Crippen molar-refractivity contribution in [2.24, 2.45) is 5.41 Å². The van der Waals surface area contributed by atoms with Crippen molar-refractivity contribution in [3.05, 3.63) is 29.6 Å². The molecule has 0 amide bonds. The van der Waals surface area contributed by atoms with Crippen LogP contribution < -0.4 is 5.32 Å². The monoisotopic (exact) mass is 266 g/mol. The molecule has 0 atom stereocenters. The Bertz CT molecular complexity index is 419. The van der Waals surface area contributed by atoms with E-state index in [0.29, 0.717) is 6.54 Å². The number of pyridine rings is 1. The maximum atomic E-state index is 10.8. The van der Waals surface area contributed by atoms with Crippen molar-refractivity contribution >= 4 is 5.97 Å². The fraction of sp³-hybridized carbons (Fsp3) is 0.571. The Morgan fingerprint density at radius 2 is 2.21 bits per heavy atom. The van der Waals surface area contributed by atoms with Crippen molar-refractivity contribution in [3.63, 3.8) is 0 Å². The molecule has 0 aliphatic heterocycles. The summed E-state index contributed by atoms with van der Waals surface area (Å²) in [7, 11) is 1.70. The molecule has 1 heterocycles. The number of hydrogen-bond acceptors (Lipinski definition) is 4. The Morgan fingerprint density at radius 1 is 1.47 bits per heavy atom. The number of carboxylic acids is 1. The van der Waals surface area contributed by atoms with E-state index in [2.05, 4.69) is 24.1 Å². The summed E-state index contributed by atoms with van der Waals surface area (Å²) in [6.45, 7) is 6.47. The molecule has 0 bridgehead atoms. The van der Waals surface area contributed by atoms with E-state index < -0.39 is 5.97 Å². The second-order valence-corrected chi connectivity index (χ2v) is 5.33. The van der Waals surface area contributed by atoms with E-state index in [1.165, 1.54) is 6.07 Å². The van der Waals surface area contributed by atoms with Gasteiger partial charge in [-0.25, -0.2) is 9.78 Å². The molecule has 0 unspecified atom stereocenters. The minimum atomic E-state index is -0.998. The summed E-state index contributed by atoms with van der Waals surface area (Å²) in [4.78, 5) is 14.9. The topological polar surface area (TPSA) is 71.5 Å². The highest BCUT2D eigenvalue weighted by Gasteiger charge is 2.16. The number of carboxylic acid groups (broad SMARTS) is 1. The van der Waals surface area contributed by atoms with Crippen LogP contribution in [0.5, 0.6) is 0 Å². The van der Waals surface area contributed by atoms with Gasteiger partial charge in [-0.1, -0.05) is 19.9 Å². The van der Waals surface area contributed by atoms with Crippen molar-refractivity contribution in [1.82, 2.24) is 10.3 Å². The summed E-state index contributed by atoms with van der Waals surface area (Å²) < 4.78 is 5.08. The fourth-order valence-corrected chi connectivity index (χ4v) is 1.69. The summed E-state index contributed by atoms with van der Waals surface area (Å²) in [5.74, 6) is -0.998. The molecule has 0 aliphatic carbocycles. The molecule has 0 aliphatic rings. The number of methoxy groups -OCH3 is 1. The zero-order chi connectivity index (χ0) is 14.3. The zero-order valence-corrected chi connectivity index (χ0v) is 11.8. The fourth-order valence-electron chi connectivity index (χ4n) is 1.69. The van der Waals surface area contributed by atoms with Crippen LogP contribution in [0.2, 0.25) is 0 Å². The van der Waals surface area contributed by atoms with Gasteiger partial charge in [0.15, 0.2) is 0 Å². The van der Waals surface area contributed by atoms with Gasteiger partial charge in [-0.3, -0.25) is 0 Å². The van der Waals surface area contributed by atoms with Gasteiger partial charge >= 0.3 is 5.97 Å². The van der Waals surface area contributed by atoms with Gasteiger partial charge < -0.3 is 15.2 Å². The molecule has 0 saturated carbocycles. The Kier molecular flexibility index (Phi) is 5.92. The Morgan fingerprint density at radius 3 is 2.84 bits per heavy atom. The standard InChI is InChI=1S/C14H22N2O3/c1-14(2,7-8-19-3)10-15-9-11-5-4-6-12(16-11)13(17)18/h4-6,15H,7-10H2,1-3H3,(H,17,18). The average Bonchev–Trinajstić information content (AvgIpc) is 2.36. The molecule has 0 radical (unpaired) electrons. The van der Waals surface area contributed by atoms with E-state index in [1.807, 2.05) is 6.07 Å². The molecule has 1 aromatic heterocycles. The van der Waals surface area contributed by atoms with Gasteiger partial charge in [-0.15, -0.1) is 0 Å². The first-order valence-corrected chi connectivity index (χ1v) is 6.33. The Hall–Kier alpha value is -1.46. The van der Waals surface area contributed by atoms with Gasteiger partial charge in [-0.2, -0.15) is 0 Å². The van der Waals surface area contributed by atoms with Gasteiger partial charge in [0.05, 0.1) is 5.69 Å². The number of ether oxygens (including phenoxy) is 1. The molecule has 1 aromatic rings. The first kappa shape index (κ1) is 15.6. The lowest BCUT2D eigenvalue weighted by Crippen LogP contribution is -2.30. The second kappa shape index (κ2) is 7.21. The minimum Gasteiger partial charge on any atom is -0.477 e. The lowest BCUT2D eigenvalue weighted by Gasteiger charge is -2.24. The second-order valence-electron chi connectivity index (χ2n) is 5.33. The third-order valence-corrected chi connectivity index (χ3v) is 2.92. The summed E-state index contributed by atoms with van der Waals surface area (Å²) >= 11 is 0. The van der Waals surface area contributed by atoms with E-state index >= 15 is 0 Å². The molecule has 0 aromatic carbocycles. The van der Waals surface area contributed by atoms with Gasteiger partial charge in [0, 0.05) is 26.8 Å². The van der Waals surface area contributed by atoms with Crippen LogP contribution in [0.4, 0.5) is 0 Å². The van der Waals surface area contributed by atoms with Crippen LogP contribution in [-0.4, -0.2) is 36.3 Å². The predicted molar refractivity (Wildman–Crippen MR) is 73.2 cm³/mol. The van der Waals surface area contributed by atoms with E-state index in [0.717, 1.165) is 25.3 Å². The number of nitrogens with zero attached hydrogens (tertiary/aromatic N) is 1. The molecule has 5 heteroatoms. The first-order valence-electron chi connectivity index (χ1n) is 6.33. The molecular weight excluding hydrogens is 244 g/mol. The third-order valence-electron chi connectivity index (χ3n) is 2.92. The number of rotatable bonds is 8. The highest BCUT2D eigenvalue weighted by atomic mass is 16.5. The van der Waals surface area contributed by atoms with Crippen LogP contribution in [0.25, 0.3) is 0 Å². The SMILES string of the molecule is COCCC(C)(C)CNCc1cccc(C(=O)O)n1. The van der Waals surface area contributed by atoms with Crippen LogP contribution in [-0.2, 0) is 11.3 Å². The normalized spacial score (nSPS) is 11.5. The number of hydrogen-bond donors (Lipinski definition) is 2. The highest BCUT2D eigenvalue weighted by Crippen LogP contribution is 2.18. The smallest absolute Gasteiger partial charge is 0.354 e. The minimum absolute atomic E-state index is 0.0814. The van der Waals surface area contributed by atoms with Crippen molar-refractivity contribution in [2.75, 3.05) is 20.3 Å². The largest absolute Gasteiger partial charge is 0.477 e. The maximum Gasteiger partial charge on any atom is 0.354 e. The molecule has 2 N–H and O–H groups in total. The Balaban J connectivity index is 2.44. The van der Waals surface area contributed by atoms with Gasteiger partial charge in [0.25, 0.3) is 0 Å². The quantitative estimate of drug-likeness (QED) is 0.752. The van der Waals surface area contributed by atoms with Gasteiger partial charge in [-0.05, 0) is 24.0 Å². The summed E-state index contributed by atoms with van der Waals surface area (Å²) in [6.07, 6.45) is 0.971. The zero-order valence-electron chi connectivity index (χ0n) is 11.8. The maximum absolute atomic E-state index is 10.8. The van der Waals surface area contributed by atoms with Crippen molar-refractivity contribution in [1.29, 1.82) is 0 Å². The van der Waals surface area contributed by atoms with E-state index in [-0.39, 0.29) is 11.1 Å². The molecule has 0 fully saturated rings. The van der Waals surface area contributed by atoms with Crippen LogP contribution in [0.1, 0.15) is 36.5 Å². The van der Waals surface area contributed by atoms with Gasteiger partial charge in [0.1, 0.15) is 5.69 Å². The summed E-state index contributed by atoms with van der Waals surface area (Å²) in [5.41, 5.74) is 0.959. The predicted octanol–water partition coefficient (Wildman–Crippen LogP) is 1.93. The number of nitrogens with one attached hydrogen (secondary N) is 1. The molecule has 0 saturated heterocycles. The van der Waals surface area contributed by atoms with E-state index in [1.54, 1.807) is 13.2 Å². The molecular formula is C14H22N2O3. The van der Waals surface area contributed by atoms with Crippen LogP contribution in [0.15, 0.2) is 18.2 Å². The van der Waals surface area contributed by atoms with E-state index in [4.69, 9.17) is 9.84 Å². The Labute approximate surface area is 114 Å². The van der Waals surface area contributed by atoms with Crippen molar-refractivity contribution in [3.8, 4) is 0 Å². The number of aromatic carboxylic acids is 1. The lowest BCUT2D eigenvalue weighted by molar-refractivity contribution is 0.0690. The van der Waals surface area contributed by atoms with Crippen molar-refractivity contribution in [2.45, 2.75) is 26.8 Å². The summed E-state index contributed by atoms with van der Waals surface area (Å²) in [6, 6.07) is 5.03. The first-order chi connectivity index (χ1) is 8.94. The lowest BCUT2D eigenvalue weighted by atomic mass is 9.90. The van der Waals surface area contributed by atoms with Gasteiger partial charge in [0.2, 0.25) is 0 Å².